The average Bonchev–Trinajstić information content (AvgIpc) is 2.95. The zero-order chi connectivity index (χ0) is 30.6. The Kier molecular flexibility index (Phi) is 9.75. The molecule has 1 fully saturated rings. The molecule has 3 aromatic rings. The lowest BCUT2D eigenvalue weighted by molar-refractivity contribution is -0.142. The summed E-state index contributed by atoms with van der Waals surface area (Å²) in [7, 11) is 3.42. The van der Waals surface area contributed by atoms with Gasteiger partial charge >= 0.3 is 5.97 Å². The third kappa shape index (κ3) is 6.86. The van der Waals surface area contributed by atoms with Crippen molar-refractivity contribution >= 4 is 17.5 Å². The first-order valence-corrected chi connectivity index (χ1v) is 14.0. The molecule has 0 saturated carbocycles. The molecular formula is C33H37FN2O6. The van der Waals surface area contributed by atoms with Gasteiger partial charge in [-0.3, -0.25) is 19.3 Å². The van der Waals surface area contributed by atoms with Gasteiger partial charge in [0.25, 0.3) is 0 Å². The van der Waals surface area contributed by atoms with Crippen molar-refractivity contribution < 1.29 is 34.1 Å². The van der Waals surface area contributed by atoms with Crippen molar-refractivity contribution in [3.05, 3.63) is 94.8 Å². The van der Waals surface area contributed by atoms with E-state index in [0.717, 1.165) is 0 Å². The molecule has 3 aromatic carbocycles. The van der Waals surface area contributed by atoms with E-state index in [9.17, 15) is 34.1 Å². The van der Waals surface area contributed by atoms with Gasteiger partial charge in [-0.1, -0.05) is 36.4 Å². The number of ketones is 2. The molecule has 222 valence electrons. The highest BCUT2D eigenvalue weighted by Crippen LogP contribution is 2.42. The Morgan fingerprint density at radius 2 is 1.43 bits per heavy atom. The summed E-state index contributed by atoms with van der Waals surface area (Å²) >= 11 is 0. The van der Waals surface area contributed by atoms with Gasteiger partial charge in [-0.15, -0.1) is 0 Å². The number of likely N-dealkylation sites (N-methyl/N-ethyl adjacent to an activating group) is 1. The highest BCUT2D eigenvalue weighted by Gasteiger charge is 2.45. The summed E-state index contributed by atoms with van der Waals surface area (Å²) in [6, 6.07) is 16.1. The number of carbonyl (C=O) groups is 3. The number of carboxylic acid groups (broad SMARTS) is 1. The van der Waals surface area contributed by atoms with E-state index in [1.54, 1.807) is 62.3 Å². The third-order valence-electron chi connectivity index (χ3n) is 8.24. The largest absolute Gasteiger partial charge is 0.508 e. The molecule has 0 amide bonds. The minimum absolute atomic E-state index is 0.0669. The van der Waals surface area contributed by atoms with Crippen molar-refractivity contribution in [3.63, 3.8) is 0 Å². The summed E-state index contributed by atoms with van der Waals surface area (Å²) in [6.45, 7) is 2.60. The van der Waals surface area contributed by atoms with E-state index in [1.807, 2.05) is 4.90 Å². The van der Waals surface area contributed by atoms with Crippen LogP contribution in [0.1, 0.15) is 50.6 Å². The molecule has 1 heterocycles. The number of phenols is 2. The molecule has 0 spiro atoms. The zero-order valence-corrected chi connectivity index (χ0v) is 24.0. The number of hydrogen-bond donors (Lipinski definition) is 3. The Labute approximate surface area is 245 Å². The van der Waals surface area contributed by atoms with Gasteiger partial charge in [0.1, 0.15) is 23.4 Å². The van der Waals surface area contributed by atoms with Crippen LogP contribution < -0.4 is 0 Å². The molecule has 1 saturated heterocycles. The first-order valence-electron chi connectivity index (χ1n) is 14.0. The maximum absolute atomic E-state index is 14.9. The number of rotatable bonds is 11. The Hall–Kier alpha value is -4.08. The maximum atomic E-state index is 14.9. The first-order chi connectivity index (χ1) is 20.0. The predicted molar refractivity (Wildman–Crippen MR) is 157 cm³/mol. The summed E-state index contributed by atoms with van der Waals surface area (Å²) in [6.07, 6.45) is 0.889. The predicted octanol–water partition coefficient (Wildman–Crippen LogP) is 4.74. The van der Waals surface area contributed by atoms with Crippen LogP contribution in [0.25, 0.3) is 0 Å². The van der Waals surface area contributed by atoms with Gasteiger partial charge in [0.05, 0.1) is 0 Å². The fourth-order valence-corrected chi connectivity index (χ4v) is 6.09. The Morgan fingerprint density at radius 3 is 1.90 bits per heavy atom. The summed E-state index contributed by atoms with van der Waals surface area (Å²) in [5, 5.41) is 29.8. The number of hydrogen-bond acceptors (Lipinski definition) is 7. The monoisotopic (exact) mass is 576 g/mol. The summed E-state index contributed by atoms with van der Waals surface area (Å²) in [4.78, 5) is 43.6. The van der Waals surface area contributed by atoms with E-state index >= 15 is 0 Å². The minimum atomic E-state index is -0.922. The summed E-state index contributed by atoms with van der Waals surface area (Å²) in [5.41, 5.74) is 1.48. The van der Waals surface area contributed by atoms with Crippen LogP contribution in [0.5, 0.6) is 11.5 Å². The second-order valence-corrected chi connectivity index (χ2v) is 11.2. The normalized spacial score (nSPS) is 19.9. The Bertz CT molecular complexity index is 1390. The number of nitrogens with zero attached hydrogens (tertiary/aromatic N) is 2. The Morgan fingerprint density at radius 1 is 0.905 bits per heavy atom. The molecule has 0 aliphatic carbocycles. The number of Topliss-reactive ketones (excluding diaryl/α,β-unsaturated/α-hetero) is 2. The molecule has 4 atom stereocenters. The molecule has 0 aromatic heterocycles. The van der Waals surface area contributed by atoms with Crippen molar-refractivity contribution in [2.75, 3.05) is 33.7 Å². The van der Waals surface area contributed by atoms with E-state index < -0.39 is 35.6 Å². The molecule has 4 rings (SSSR count). The van der Waals surface area contributed by atoms with Crippen LogP contribution >= 0.6 is 0 Å². The van der Waals surface area contributed by atoms with Crippen molar-refractivity contribution in [1.82, 2.24) is 9.80 Å². The molecule has 42 heavy (non-hydrogen) atoms. The summed E-state index contributed by atoms with van der Waals surface area (Å²) in [5.74, 6) is -4.28. The molecule has 1 aliphatic heterocycles. The first kappa shape index (κ1) is 30.9. The molecule has 8 nitrogen and oxygen atoms in total. The lowest BCUT2D eigenvalue weighted by Crippen LogP contribution is -2.51. The van der Waals surface area contributed by atoms with E-state index in [0.29, 0.717) is 30.5 Å². The van der Waals surface area contributed by atoms with E-state index in [2.05, 4.69) is 0 Å². The van der Waals surface area contributed by atoms with Crippen LogP contribution in [0, 0.1) is 24.6 Å². The van der Waals surface area contributed by atoms with Gasteiger partial charge in [0, 0.05) is 42.0 Å². The number of carboxylic acids is 1. The number of benzene rings is 3. The van der Waals surface area contributed by atoms with E-state index in [1.165, 1.54) is 30.3 Å². The van der Waals surface area contributed by atoms with Crippen molar-refractivity contribution in [1.29, 1.82) is 0 Å². The SMILES string of the molecule is Cc1c(F)cccc1C1[C@@H](C(=O)c2cccc(O)c2)CN(CCC[C@H](C(=O)O)N(C)C)C[C@H]1C(=O)c1cccc(O)c1. The Balaban J connectivity index is 1.77. The van der Waals surface area contributed by atoms with Crippen LogP contribution in [0.15, 0.2) is 66.7 Å². The summed E-state index contributed by atoms with van der Waals surface area (Å²) < 4.78 is 14.9. The number of aliphatic carboxylic acids is 1. The highest BCUT2D eigenvalue weighted by molar-refractivity contribution is 6.02. The third-order valence-corrected chi connectivity index (χ3v) is 8.24. The van der Waals surface area contributed by atoms with Crippen LogP contribution in [0.3, 0.4) is 0 Å². The highest BCUT2D eigenvalue weighted by atomic mass is 19.1. The quantitative estimate of drug-likeness (QED) is 0.280. The smallest absolute Gasteiger partial charge is 0.320 e. The molecule has 3 N–H and O–H groups in total. The van der Waals surface area contributed by atoms with Gasteiger partial charge in [-0.05, 0) is 81.9 Å². The maximum Gasteiger partial charge on any atom is 0.320 e. The zero-order valence-electron chi connectivity index (χ0n) is 24.0. The number of aromatic hydroxyl groups is 2. The number of phenolic OH excluding ortho intramolecular Hbond substituents is 2. The fourth-order valence-electron chi connectivity index (χ4n) is 6.09. The van der Waals surface area contributed by atoms with Gasteiger partial charge in [0.2, 0.25) is 0 Å². The lowest BCUT2D eigenvalue weighted by Gasteiger charge is -2.43. The fraction of sp³-hybridized carbons (Fsp3) is 0.364. The van der Waals surface area contributed by atoms with Crippen LogP contribution in [-0.2, 0) is 4.79 Å². The average molecular weight is 577 g/mol. The minimum Gasteiger partial charge on any atom is -0.508 e. The number of halogens is 1. The van der Waals surface area contributed by atoms with Crippen molar-refractivity contribution in [3.8, 4) is 11.5 Å². The van der Waals surface area contributed by atoms with Gasteiger partial charge in [-0.25, -0.2) is 4.39 Å². The van der Waals surface area contributed by atoms with Crippen LogP contribution in [0.2, 0.25) is 0 Å². The van der Waals surface area contributed by atoms with Gasteiger partial charge < -0.3 is 20.2 Å². The standard InChI is InChI=1S/C33H37FN2O6/c1-20-25(12-6-13-28(20)34)30-26(31(39)21-8-4-10-23(37)16-21)18-36(15-7-14-29(33(41)42)35(2)3)19-27(30)32(40)22-9-5-11-24(38)17-22/h4-6,8-13,16-17,26-27,29-30,37-38H,7,14-15,18-19H2,1-3H3,(H,41,42)/t26-,27+,29-,30?/m1/s1. The number of likely N-dealkylation sites (tertiary alicyclic amines) is 1. The molecule has 0 radical (unpaired) electrons. The molecule has 0 bridgehead atoms. The molecular weight excluding hydrogens is 539 g/mol. The van der Waals surface area contributed by atoms with Crippen LogP contribution in [-0.4, -0.2) is 82.4 Å². The van der Waals surface area contributed by atoms with Gasteiger partial charge in [-0.2, -0.15) is 0 Å². The van der Waals surface area contributed by atoms with E-state index in [4.69, 9.17) is 0 Å². The second-order valence-electron chi connectivity index (χ2n) is 11.2. The van der Waals surface area contributed by atoms with Crippen molar-refractivity contribution in [2.24, 2.45) is 11.8 Å². The van der Waals surface area contributed by atoms with Crippen LogP contribution in [0.4, 0.5) is 4.39 Å². The lowest BCUT2D eigenvalue weighted by atomic mass is 9.67. The van der Waals surface area contributed by atoms with E-state index in [-0.39, 0.29) is 47.3 Å². The molecule has 1 aliphatic rings. The number of carbonyl (C=O) groups excluding carboxylic acids is 2. The molecule has 1 unspecified atom stereocenters. The topological polar surface area (TPSA) is 118 Å². The van der Waals surface area contributed by atoms with Crippen molar-refractivity contribution in [2.45, 2.75) is 31.7 Å². The molecule has 9 heteroatoms. The number of piperidine rings is 1. The van der Waals surface area contributed by atoms with Gasteiger partial charge in [0.15, 0.2) is 11.6 Å². The second kappa shape index (κ2) is 13.3.